The number of aryl methyl sites for hydroxylation is 1. The Morgan fingerprint density at radius 2 is 2.14 bits per heavy atom. The Bertz CT molecular complexity index is 403. The van der Waals surface area contributed by atoms with Crippen LogP contribution in [0.3, 0.4) is 0 Å². The third kappa shape index (κ3) is 1.86. The van der Waals surface area contributed by atoms with Crippen LogP contribution in [0.2, 0.25) is 0 Å². The number of hydrogen-bond donors (Lipinski definition) is 2. The lowest BCUT2D eigenvalue weighted by atomic mass is 10.2. The Hall–Kier alpha value is -1.54. The van der Waals surface area contributed by atoms with E-state index in [4.69, 9.17) is 5.26 Å². The molecule has 0 aliphatic heterocycles. The van der Waals surface area contributed by atoms with Crippen molar-refractivity contribution in [1.29, 1.82) is 5.26 Å². The minimum absolute atomic E-state index is 0.303. The Kier molecular flexibility index (Phi) is 3.10. The first kappa shape index (κ1) is 10.5. The molecule has 4 nitrogen and oxygen atoms in total. The van der Waals surface area contributed by atoms with Gasteiger partial charge in [0.15, 0.2) is 0 Å². The zero-order valence-electron chi connectivity index (χ0n) is 8.26. The molecule has 0 aliphatic rings. The first-order valence-corrected chi connectivity index (χ1v) is 4.90. The van der Waals surface area contributed by atoms with Gasteiger partial charge in [0.1, 0.15) is 11.1 Å². The highest BCUT2D eigenvalue weighted by molar-refractivity contribution is 7.16. The third-order valence-corrected chi connectivity index (χ3v) is 3.07. The smallest absolute Gasteiger partial charge is 0.319 e. The second-order valence-corrected chi connectivity index (χ2v) is 4.03. The summed E-state index contributed by atoms with van der Waals surface area (Å²) in [4.78, 5) is 12.1. The lowest BCUT2D eigenvalue weighted by Crippen LogP contribution is -2.24. The van der Waals surface area contributed by atoms with E-state index in [1.165, 1.54) is 18.4 Å². The van der Waals surface area contributed by atoms with Crippen molar-refractivity contribution in [1.82, 2.24) is 5.32 Å². The van der Waals surface area contributed by atoms with Crippen molar-refractivity contribution < 1.29 is 4.79 Å². The van der Waals surface area contributed by atoms with E-state index in [0.29, 0.717) is 10.6 Å². The van der Waals surface area contributed by atoms with Crippen molar-refractivity contribution >= 4 is 22.4 Å². The maximum Gasteiger partial charge on any atom is 0.319 e. The van der Waals surface area contributed by atoms with Crippen LogP contribution in [0.5, 0.6) is 0 Å². The number of hydrogen-bond acceptors (Lipinski definition) is 3. The van der Waals surface area contributed by atoms with Crippen molar-refractivity contribution in [2.24, 2.45) is 0 Å². The fraction of sp³-hybridized carbons (Fsp3) is 0.333. The molecule has 0 spiro atoms. The molecule has 74 valence electrons. The highest BCUT2D eigenvalue weighted by Gasteiger charge is 2.13. The van der Waals surface area contributed by atoms with Crippen LogP contribution < -0.4 is 10.6 Å². The van der Waals surface area contributed by atoms with Gasteiger partial charge in [0.05, 0.1) is 5.56 Å². The molecule has 2 amide bonds. The van der Waals surface area contributed by atoms with E-state index in [2.05, 4.69) is 16.7 Å². The van der Waals surface area contributed by atoms with E-state index < -0.39 is 0 Å². The molecule has 0 unspecified atom stereocenters. The maximum absolute atomic E-state index is 11.0. The number of carbonyl (C=O) groups is 1. The van der Waals surface area contributed by atoms with E-state index in [9.17, 15) is 4.79 Å². The molecule has 0 aromatic carbocycles. The first-order chi connectivity index (χ1) is 6.60. The Morgan fingerprint density at radius 3 is 2.64 bits per heavy atom. The number of carbonyl (C=O) groups excluding carboxylic acids is 1. The highest BCUT2D eigenvalue weighted by Crippen LogP contribution is 2.31. The third-order valence-electron chi connectivity index (χ3n) is 1.95. The van der Waals surface area contributed by atoms with Gasteiger partial charge in [-0.25, -0.2) is 4.79 Å². The summed E-state index contributed by atoms with van der Waals surface area (Å²) in [7, 11) is 1.54. The molecule has 0 saturated heterocycles. The molecule has 1 rings (SSSR count). The normalized spacial score (nSPS) is 9.29. The molecule has 1 aromatic rings. The first-order valence-electron chi connectivity index (χ1n) is 4.09. The van der Waals surface area contributed by atoms with Crippen molar-refractivity contribution in [3.8, 4) is 6.07 Å². The SMILES string of the molecule is CNC(=O)Nc1sc(C)c(C)c1C#N. The zero-order valence-corrected chi connectivity index (χ0v) is 9.08. The highest BCUT2D eigenvalue weighted by atomic mass is 32.1. The quantitative estimate of drug-likeness (QED) is 0.742. The Balaban J connectivity index is 3.04. The fourth-order valence-electron chi connectivity index (χ4n) is 1.02. The van der Waals surface area contributed by atoms with Gasteiger partial charge >= 0.3 is 6.03 Å². The van der Waals surface area contributed by atoms with Crippen LogP contribution in [-0.4, -0.2) is 13.1 Å². The molecule has 2 N–H and O–H groups in total. The number of amides is 2. The molecule has 0 atom stereocenters. The second kappa shape index (κ2) is 4.11. The molecule has 0 bridgehead atoms. The largest absolute Gasteiger partial charge is 0.341 e. The van der Waals surface area contributed by atoms with E-state index in [1.807, 2.05) is 13.8 Å². The molecular formula is C9H11N3OS. The van der Waals surface area contributed by atoms with Crippen molar-refractivity contribution in [2.45, 2.75) is 13.8 Å². The van der Waals surface area contributed by atoms with Gasteiger partial charge in [0, 0.05) is 11.9 Å². The van der Waals surface area contributed by atoms with Crippen molar-refractivity contribution in [3.63, 3.8) is 0 Å². The van der Waals surface area contributed by atoms with Crippen LogP contribution in [0.15, 0.2) is 0 Å². The molecular weight excluding hydrogens is 198 g/mol. The predicted molar refractivity (Wildman–Crippen MR) is 56.6 cm³/mol. The van der Waals surface area contributed by atoms with Crippen LogP contribution in [0.25, 0.3) is 0 Å². The van der Waals surface area contributed by atoms with Gasteiger partial charge < -0.3 is 5.32 Å². The van der Waals surface area contributed by atoms with Gasteiger partial charge in [0.25, 0.3) is 0 Å². The van der Waals surface area contributed by atoms with Crippen LogP contribution in [-0.2, 0) is 0 Å². The van der Waals surface area contributed by atoms with Crippen LogP contribution in [0.1, 0.15) is 16.0 Å². The van der Waals surface area contributed by atoms with Gasteiger partial charge in [0.2, 0.25) is 0 Å². The molecule has 1 heterocycles. The van der Waals surface area contributed by atoms with Gasteiger partial charge in [-0.05, 0) is 19.4 Å². The second-order valence-electron chi connectivity index (χ2n) is 2.80. The van der Waals surface area contributed by atoms with E-state index in [1.54, 1.807) is 0 Å². The average molecular weight is 209 g/mol. The lowest BCUT2D eigenvalue weighted by molar-refractivity contribution is 0.254. The Morgan fingerprint density at radius 1 is 1.50 bits per heavy atom. The molecule has 14 heavy (non-hydrogen) atoms. The van der Waals surface area contributed by atoms with Crippen molar-refractivity contribution in [2.75, 3.05) is 12.4 Å². The minimum Gasteiger partial charge on any atom is -0.341 e. The van der Waals surface area contributed by atoms with Crippen LogP contribution in [0, 0.1) is 25.2 Å². The van der Waals surface area contributed by atoms with E-state index >= 15 is 0 Å². The number of nitrogens with zero attached hydrogens (tertiary/aromatic N) is 1. The van der Waals surface area contributed by atoms with E-state index in [0.717, 1.165) is 10.4 Å². The summed E-state index contributed by atoms with van der Waals surface area (Å²) in [5.41, 5.74) is 1.49. The lowest BCUT2D eigenvalue weighted by Gasteiger charge is -2.00. The van der Waals surface area contributed by atoms with Crippen LogP contribution >= 0.6 is 11.3 Å². The zero-order chi connectivity index (χ0) is 10.7. The molecule has 0 aliphatic carbocycles. The van der Waals surface area contributed by atoms with Crippen molar-refractivity contribution in [3.05, 3.63) is 16.0 Å². The Labute approximate surface area is 86.6 Å². The van der Waals surface area contributed by atoms with E-state index in [-0.39, 0.29) is 6.03 Å². The van der Waals surface area contributed by atoms with Gasteiger partial charge in [-0.2, -0.15) is 5.26 Å². The summed E-state index contributed by atoms with van der Waals surface area (Å²) in [6.45, 7) is 3.80. The molecule has 1 aromatic heterocycles. The fourth-order valence-corrected chi connectivity index (χ4v) is 2.02. The summed E-state index contributed by atoms with van der Waals surface area (Å²) in [5, 5.41) is 14.6. The minimum atomic E-state index is -0.303. The summed E-state index contributed by atoms with van der Waals surface area (Å²) in [5.74, 6) is 0. The summed E-state index contributed by atoms with van der Waals surface area (Å²) >= 11 is 1.41. The summed E-state index contributed by atoms with van der Waals surface area (Å²) < 4.78 is 0. The number of urea groups is 1. The molecule has 5 heteroatoms. The van der Waals surface area contributed by atoms with Gasteiger partial charge in [-0.1, -0.05) is 0 Å². The monoisotopic (exact) mass is 209 g/mol. The number of anilines is 1. The maximum atomic E-state index is 11.0. The summed E-state index contributed by atoms with van der Waals surface area (Å²) in [6, 6.07) is 1.78. The predicted octanol–water partition coefficient (Wildman–Crippen LogP) is 1.99. The average Bonchev–Trinajstić information content (AvgIpc) is 2.42. The number of thiophene rings is 1. The molecule has 0 radical (unpaired) electrons. The van der Waals surface area contributed by atoms with Gasteiger partial charge in [-0.3, -0.25) is 5.32 Å². The summed E-state index contributed by atoms with van der Waals surface area (Å²) in [6.07, 6.45) is 0. The molecule has 0 saturated carbocycles. The number of nitriles is 1. The number of nitrogens with one attached hydrogen (secondary N) is 2. The standard InChI is InChI=1S/C9H11N3OS/c1-5-6(2)14-8(7(5)4-10)12-9(13)11-3/h1-3H3,(H2,11,12,13). The number of rotatable bonds is 1. The topological polar surface area (TPSA) is 64.9 Å². The molecule has 0 fully saturated rings. The van der Waals surface area contributed by atoms with Crippen LogP contribution in [0.4, 0.5) is 9.80 Å². The van der Waals surface area contributed by atoms with Gasteiger partial charge in [-0.15, -0.1) is 11.3 Å².